The average molecular weight is 333 g/mol. The smallest absolute Gasteiger partial charge is 0.344 e. The minimum absolute atomic E-state index is 0.753. The summed E-state index contributed by atoms with van der Waals surface area (Å²) in [5, 5.41) is 0. The molecule has 5 rings (SSSR count). The molecular formula is C20H32O2Si. The highest BCUT2D eigenvalue weighted by Gasteiger charge is 2.67. The molecule has 2 nitrogen and oxygen atoms in total. The molecule has 0 aromatic rings. The van der Waals surface area contributed by atoms with Crippen molar-refractivity contribution in [2.45, 2.75) is 62.4 Å². The van der Waals surface area contributed by atoms with Gasteiger partial charge in [0.05, 0.1) is 0 Å². The van der Waals surface area contributed by atoms with Crippen molar-refractivity contribution in [3.05, 3.63) is 12.2 Å². The molecule has 0 heterocycles. The summed E-state index contributed by atoms with van der Waals surface area (Å²) < 4.78 is 12.8. The normalized spacial score (nSPS) is 48.3. The van der Waals surface area contributed by atoms with E-state index < -0.39 is 8.56 Å². The summed E-state index contributed by atoms with van der Waals surface area (Å²) >= 11 is 0. The van der Waals surface area contributed by atoms with Crippen LogP contribution in [0.15, 0.2) is 12.2 Å². The van der Waals surface area contributed by atoms with Gasteiger partial charge in [0, 0.05) is 25.3 Å². The third kappa shape index (κ3) is 1.93. The van der Waals surface area contributed by atoms with E-state index >= 15 is 0 Å². The molecule has 0 aromatic carbocycles. The van der Waals surface area contributed by atoms with Crippen LogP contribution in [0, 0.1) is 35.5 Å². The van der Waals surface area contributed by atoms with Gasteiger partial charge in [0.15, 0.2) is 0 Å². The molecule has 4 saturated carbocycles. The van der Waals surface area contributed by atoms with Crippen molar-refractivity contribution in [2.75, 3.05) is 14.2 Å². The minimum atomic E-state index is -2.07. The van der Waals surface area contributed by atoms with E-state index in [1.165, 1.54) is 51.4 Å². The predicted octanol–water partition coefficient (Wildman–Crippen LogP) is 4.90. The zero-order valence-corrected chi connectivity index (χ0v) is 15.7. The molecule has 4 bridgehead atoms. The highest BCUT2D eigenvalue weighted by molar-refractivity contribution is 6.70. The van der Waals surface area contributed by atoms with E-state index in [0.717, 1.165) is 46.6 Å². The summed E-state index contributed by atoms with van der Waals surface area (Å²) in [6, 6.07) is 0. The molecule has 0 amide bonds. The highest BCUT2D eigenvalue weighted by Crippen LogP contribution is 2.71. The van der Waals surface area contributed by atoms with Crippen LogP contribution in [0.5, 0.6) is 0 Å². The molecule has 23 heavy (non-hydrogen) atoms. The van der Waals surface area contributed by atoms with Crippen molar-refractivity contribution in [1.29, 1.82) is 0 Å². The van der Waals surface area contributed by atoms with Gasteiger partial charge in [0.25, 0.3) is 0 Å². The Hall–Kier alpha value is -0.123. The van der Waals surface area contributed by atoms with E-state index in [0.29, 0.717) is 0 Å². The Morgan fingerprint density at radius 1 is 0.826 bits per heavy atom. The van der Waals surface area contributed by atoms with Crippen LogP contribution in [-0.4, -0.2) is 22.8 Å². The maximum atomic E-state index is 6.39. The third-order valence-corrected chi connectivity index (χ3v) is 13.3. The summed E-state index contributed by atoms with van der Waals surface area (Å²) in [6.07, 6.45) is 16.4. The molecule has 0 aromatic heterocycles. The standard InChI is InChI=1S/C20H32O2Si/c1-21-23(22-2,16-6-4-3-5-7-16)18-12-15-11-17(18)20-14-9-8-13(10-14)19(15)20/h8-9,13-20H,3-7,10-12H2,1-2H3. The van der Waals surface area contributed by atoms with Crippen LogP contribution in [0.2, 0.25) is 11.1 Å². The Morgan fingerprint density at radius 2 is 1.52 bits per heavy atom. The van der Waals surface area contributed by atoms with Crippen LogP contribution in [0.1, 0.15) is 51.4 Å². The fourth-order valence-electron chi connectivity index (χ4n) is 8.01. The van der Waals surface area contributed by atoms with Gasteiger partial charge in [0.1, 0.15) is 0 Å². The Bertz CT molecular complexity index is 494. The summed E-state index contributed by atoms with van der Waals surface area (Å²) in [5.41, 5.74) is 1.53. The maximum absolute atomic E-state index is 6.39. The number of hydrogen-bond acceptors (Lipinski definition) is 2. The van der Waals surface area contributed by atoms with Gasteiger partial charge >= 0.3 is 8.56 Å². The average Bonchev–Trinajstić information content (AvgIpc) is 3.37. The molecular weight excluding hydrogens is 300 g/mol. The molecule has 0 aliphatic heterocycles. The van der Waals surface area contributed by atoms with Gasteiger partial charge in [-0.3, -0.25) is 0 Å². The van der Waals surface area contributed by atoms with Crippen LogP contribution in [0.4, 0.5) is 0 Å². The first-order valence-electron chi connectivity index (χ1n) is 10.1. The van der Waals surface area contributed by atoms with Gasteiger partial charge < -0.3 is 8.85 Å². The monoisotopic (exact) mass is 332 g/mol. The fourth-order valence-corrected chi connectivity index (χ4v) is 12.8. The largest absolute Gasteiger partial charge is 0.397 e. The Balaban J connectivity index is 1.45. The predicted molar refractivity (Wildman–Crippen MR) is 94.3 cm³/mol. The van der Waals surface area contributed by atoms with Crippen molar-refractivity contribution in [1.82, 2.24) is 0 Å². The van der Waals surface area contributed by atoms with Crippen molar-refractivity contribution >= 4 is 8.56 Å². The number of allylic oxidation sites excluding steroid dienone is 2. The lowest BCUT2D eigenvalue weighted by Crippen LogP contribution is -2.53. The lowest BCUT2D eigenvalue weighted by atomic mass is 9.73. The molecule has 5 aliphatic carbocycles. The lowest BCUT2D eigenvalue weighted by Gasteiger charge is -2.47. The zero-order valence-electron chi connectivity index (χ0n) is 14.7. The second kappa shape index (κ2) is 5.44. The second-order valence-electron chi connectivity index (χ2n) is 9.07. The highest BCUT2D eigenvalue weighted by atomic mass is 28.4. The summed E-state index contributed by atoms with van der Waals surface area (Å²) in [4.78, 5) is 0. The maximum Gasteiger partial charge on any atom is 0.344 e. The first-order valence-corrected chi connectivity index (χ1v) is 12.0. The van der Waals surface area contributed by atoms with Gasteiger partial charge in [-0.15, -0.1) is 0 Å². The van der Waals surface area contributed by atoms with E-state index in [4.69, 9.17) is 8.85 Å². The molecule has 0 saturated heterocycles. The molecule has 3 heteroatoms. The minimum Gasteiger partial charge on any atom is -0.397 e. The van der Waals surface area contributed by atoms with Gasteiger partial charge in [-0.2, -0.15) is 0 Å². The first-order chi connectivity index (χ1) is 11.3. The number of fused-ring (bicyclic) bond motifs is 9. The van der Waals surface area contributed by atoms with Gasteiger partial charge in [-0.1, -0.05) is 31.4 Å². The Labute approximate surface area is 142 Å². The molecule has 0 radical (unpaired) electrons. The topological polar surface area (TPSA) is 18.5 Å². The van der Waals surface area contributed by atoms with E-state index in [1.54, 1.807) is 0 Å². The fraction of sp³-hybridized carbons (Fsp3) is 0.900. The summed E-state index contributed by atoms with van der Waals surface area (Å²) in [5.74, 6) is 5.73. The molecule has 0 N–H and O–H groups in total. The van der Waals surface area contributed by atoms with Gasteiger partial charge in [-0.05, 0) is 67.6 Å². The summed E-state index contributed by atoms with van der Waals surface area (Å²) in [7, 11) is 1.89. The molecule has 128 valence electrons. The zero-order chi connectivity index (χ0) is 15.6. The molecule has 0 spiro atoms. The van der Waals surface area contributed by atoms with Crippen LogP contribution in [0.25, 0.3) is 0 Å². The van der Waals surface area contributed by atoms with Gasteiger partial charge in [-0.25, -0.2) is 0 Å². The van der Waals surface area contributed by atoms with Crippen LogP contribution in [-0.2, 0) is 8.85 Å². The first kappa shape index (κ1) is 15.2. The van der Waals surface area contributed by atoms with Gasteiger partial charge in [0.2, 0.25) is 0 Å². The number of rotatable bonds is 4. The van der Waals surface area contributed by atoms with Crippen molar-refractivity contribution in [2.24, 2.45) is 35.5 Å². The molecule has 7 atom stereocenters. The SMILES string of the molecule is CO[Si](OC)(C1CCCCC1)C1CC2CC1C1C3C=CC(C3)C21. The second-order valence-corrected chi connectivity index (χ2v) is 12.9. The van der Waals surface area contributed by atoms with E-state index in [2.05, 4.69) is 12.2 Å². The Kier molecular flexibility index (Phi) is 3.58. The van der Waals surface area contributed by atoms with Crippen molar-refractivity contribution in [3.8, 4) is 0 Å². The lowest BCUT2D eigenvalue weighted by molar-refractivity contribution is 0.147. The Morgan fingerprint density at radius 3 is 2.22 bits per heavy atom. The van der Waals surface area contributed by atoms with Crippen molar-refractivity contribution in [3.63, 3.8) is 0 Å². The van der Waals surface area contributed by atoms with Crippen LogP contribution in [0.3, 0.4) is 0 Å². The van der Waals surface area contributed by atoms with E-state index in [-0.39, 0.29) is 0 Å². The van der Waals surface area contributed by atoms with E-state index in [1.807, 2.05) is 14.2 Å². The molecule has 5 aliphatic rings. The van der Waals surface area contributed by atoms with Crippen molar-refractivity contribution < 1.29 is 8.85 Å². The van der Waals surface area contributed by atoms with Crippen LogP contribution < -0.4 is 0 Å². The third-order valence-electron chi connectivity index (χ3n) is 8.60. The molecule has 4 fully saturated rings. The van der Waals surface area contributed by atoms with Crippen LogP contribution >= 0.6 is 0 Å². The summed E-state index contributed by atoms with van der Waals surface area (Å²) in [6.45, 7) is 0. The number of hydrogen-bond donors (Lipinski definition) is 0. The quantitative estimate of drug-likeness (QED) is 0.414. The van der Waals surface area contributed by atoms with E-state index in [9.17, 15) is 0 Å². The molecule has 7 unspecified atom stereocenters.